The Morgan fingerprint density at radius 3 is 2.54 bits per heavy atom. The Labute approximate surface area is 82.5 Å². The molecule has 0 aliphatic carbocycles. The number of ether oxygens (including phenoxy) is 1. The van der Waals surface area contributed by atoms with Crippen LogP contribution in [0.15, 0.2) is 24.3 Å². The van der Waals surface area contributed by atoms with Crippen LogP contribution in [-0.4, -0.2) is 12.5 Å². The van der Waals surface area contributed by atoms with Crippen molar-refractivity contribution < 1.29 is 9.13 Å². The van der Waals surface area contributed by atoms with E-state index in [1.165, 1.54) is 12.1 Å². The molecule has 0 amide bonds. The lowest BCUT2D eigenvalue weighted by molar-refractivity contribution is 0.272. The van der Waals surface area contributed by atoms with Crippen molar-refractivity contribution >= 4 is 11.6 Å². The Morgan fingerprint density at radius 2 is 2.00 bits per heavy atom. The molecule has 0 spiro atoms. The molecule has 0 fully saturated rings. The zero-order valence-electron chi connectivity index (χ0n) is 7.47. The van der Waals surface area contributed by atoms with Crippen LogP contribution in [0.1, 0.15) is 6.92 Å². The van der Waals surface area contributed by atoms with Gasteiger partial charge in [-0.2, -0.15) is 0 Å². The van der Waals surface area contributed by atoms with Gasteiger partial charge < -0.3 is 4.74 Å². The summed E-state index contributed by atoms with van der Waals surface area (Å²) >= 11 is 5.60. The van der Waals surface area contributed by atoms with E-state index < -0.39 is 0 Å². The average Bonchev–Trinajstić information content (AvgIpc) is 2.16. The van der Waals surface area contributed by atoms with Gasteiger partial charge in [0, 0.05) is 11.8 Å². The maximum atomic E-state index is 12.5. The number of rotatable bonds is 4. The predicted octanol–water partition coefficient (Wildman–Crippen LogP) is 3.08. The summed E-state index contributed by atoms with van der Waals surface area (Å²) in [5.41, 5.74) is 0. The molecule has 1 rings (SSSR count). The molecule has 13 heavy (non-hydrogen) atoms. The Bertz CT molecular complexity index is 248. The van der Waals surface area contributed by atoms with Gasteiger partial charge in [-0.25, -0.2) is 4.39 Å². The van der Waals surface area contributed by atoms with Gasteiger partial charge in [-0.15, -0.1) is 11.6 Å². The van der Waals surface area contributed by atoms with Crippen LogP contribution < -0.4 is 4.74 Å². The Kier molecular flexibility index (Phi) is 4.03. The SMILES string of the molecule is C[C@H](CCl)COc1ccc(F)cc1. The highest BCUT2D eigenvalue weighted by Crippen LogP contribution is 2.12. The highest BCUT2D eigenvalue weighted by atomic mass is 35.5. The number of hydrogen-bond acceptors (Lipinski definition) is 1. The molecular weight excluding hydrogens is 191 g/mol. The van der Waals surface area contributed by atoms with E-state index in [1.807, 2.05) is 6.92 Å². The molecule has 1 atom stereocenters. The second kappa shape index (κ2) is 5.07. The molecule has 72 valence electrons. The van der Waals surface area contributed by atoms with Crippen LogP contribution in [0.5, 0.6) is 5.75 Å². The quantitative estimate of drug-likeness (QED) is 0.682. The smallest absolute Gasteiger partial charge is 0.123 e. The monoisotopic (exact) mass is 202 g/mol. The lowest BCUT2D eigenvalue weighted by atomic mass is 10.2. The third kappa shape index (κ3) is 3.64. The van der Waals surface area contributed by atoms with Gasteiger partial charge in [0.2, 0.25) is 0 Å². The molecule has 3 heteroatoms. The Balaban J connectivity index is 2.41. The van der Waals surface area contributed by atoms with Crippen molar-refractivity contribution in [3.05, 3.63) is 30.1 Å². The molecule has 0 heterocycles. The van der Waals surface area contributed by atoms with Crippen LogP contribution in [0, 0.1) is 11.7 Å². The third-order valence-electron chi connectivity index (χ3n) is 1.61. The summed E-state index contributed by atoms with van der Waals surface area (Å²) in [5.74, 6) is 1.31. The summed E-state index contributed by atoms with van der Waals surface area (Å²) in [5, 5.41) is 0. The summed E-state index contributed by atoms with van der Waals surface area (Å²) in [6, 6.07) is 5.97. The molecule has 0 radical (unpaired) electrons. The van der Waals surface area contributed by atoms with Gasteiger partial charge in [-0.05, 0) is 24.3 Å². The van der Waals surface area contributed by atoms with Crippen molar-refractivity contribution in [3.63, 3.8) is 0 Å². The second-order valence-corrected chi connectivity index (χ2v) is 3.33. The summed E-state index contributed by atoms with van der Waals surface area (Å²) in [7, 11) is 0. The minimum absolute atomic E-state index is 0.252. The van der Waals surface area contributed by atoms with Gasteiger partial charge in [0.05, 0.1) is 6.61 Å². The topological polar surface area (TPSA) is 9.23 Å². The normalized spacial score (nSPS) is 12.5. The minimum atomic E-state index is -0.252. The van der Waals surface area contributed by atoms with Crippen LogP contribution >= 0.6 is 11.6 Å². The molecule has 0 aliphatic rings. The summed E-state index contributed by atoms with van der Waals surface area (Å²) in [6.45, 7) is 2.56. The number of alkyl halides is 1. The highest BCUT2D eigenvalue weighted by molar-refractivity contribution is 6.18. The van der Waals surface area contributed by atoms with Gasteiger partial charge in [-0.1, -0.05) is 6.92 Å². The first-order chi connectivity index (χ1) is 6.22. The van der Waals surface area contributed by atoms with Crippen LogP contribution in [0.3, 0.4) is 0 Å². The van der Waals surface area contributed by atoms with E-state index >= 15 is 0 Å². The highest BCUT2D eigenvalue weighted by Gasteiger charge is 2.00. The van der Waals surface area contributed by atoms with Crippen molar-refractivity contribution in [2.75, 3.05) is 12.5 Å². The molecule has 0 bridgehead atoms. The van der Waals surface area contributed by atoms with Crippen LogP contribution in [-0.2, 0) is 0 Å². The minimum Gasteiger partial charge on any atom is -0.493 e. The van der Waals surface area contributed by atoms with Crippen molar-refractivity contribution in [1.82, 2.24) is 0 Å². The van der Waals surface area contributed by atoms with Crippen LogP contribution in [0.4, 0.5) is 4.39 Å². The van der Waals surface area contributed by atoms with Gasteiger partial charge >= 0.3 is 0 Å². The second-order valence-electron chi connectivity index (χ2n) is 3.02. The molecule has 0 aromatic heterocycles. The zero-order chi connectivity index (χ0) is 9.68. The Hall–Kier alpha value is -0.760. The maximum Gasteiger partial charge on any atom is 0.123 e. The number of benzene rings is 1. The Morgan fingerprint density at radius 1 is 1.38 bits per heavy atom. The molecule has 1 aromatic rings. The number of halogens is 2. The summed E-state index contributed by atoms with van der Waals surface area (Å²) in [6.07, 6.45) is 0. The fourth-order valence-corrected chi connectivity index (χ4v) is 0.903. The van der Waals surface area contributed by atoms with E-state index in [4.69, 9.17) is 16.3 Å². The molecule has 0 saturated heterocycles. The molecule has 0 unspecified atom stereocenters. The standard InChI is InChI=1S/C10H12ClFO/c1-8(6-11)7-13-10-4-2-9(12)3-5-10/h2-5,8H,6-7H2,1H3/t8-/m1/s1. The lowest BCUT2D eigenvalue weighted by Gasteiger charge is -2.09. The van der Waals surface area contributed by atoms with E-state index in [2.05, 4.69) is 0 Å². The summed E-state index contributed by atoms with van der Waals surface area (Å²) in [4.78, 5) is 0. The van der Waals surface area contributed by atoms with Gasteiger partial charge in [0.25, 0.3) is 0 Å². The molecule has 0 N–H and O–H groups in total. The van der Waals surface area contributed by atoms with Crippen LogP contribution in [0.2, 0.25) is 0 Å². The average molecular weight is 203 g/mol. The van der Waals surface area contributed by atoms with Gasteiger partial charge in [0.1, 0.15) is 11.6 Å². The van der Waals surface area contributed by atoms with E-state index in [0.717, 1.165) is 0 Å². The summed E-state index contributed by atoms with van der Waals surface area (Å²) < 4.78 is 17.8. The van der Waals surface area contributed by atoms with Gasteiger partial charge in [-0.3, -0.25) is 0 Å². The fourth-order valence-electron chi connectivity index (χ4n) is 0.814. The molecule has 1 aromatic carbocycles. The van der Waals surface area contributed by atoms with E-state index in [-0.39, 0.29) is 5.82 Å². The third-order valence-corrected chi connectivity index (χ3v) is 2.14. The molecule has 0 saturated carbocycles. The lowest BCUT2D eigenvalue weighted by Crippen LogP contribution is -2.09. The maximum absolute atomic E-state index is 12.5. The molecular formula is C10H12ClFO. The van der Waals surface area contributed by atoms with E-state index in [0.29, 0.717) is 24.2 Å². The zero-order valence-corrected chi connectivity index (χ0v) is 8.22. The van der Waals surface area contributed by atoms with Crippen molar-refractivity contribution in [3.8, 4) is 5.75 Å². The fraction of sp³-hybridized carbons (Fsp3) is 0.400. The molecule has 1 nitrogen and oxygen atoms in total. The van der Waals surface area contributed by atoms with Crippen molar-refractivity contribution in [2.45, 2.75) is 6.92 Å². The largest absolute Gasteiger partial charge is 0.493 e. The first kappa shape index (κ1) is 10.3. The van der Waals surface area contributed by atoms with Gasteiger partial charge in [0.15, 0.2) is 0 Å². The number of hydrogen-bond donors (Lipinski definition) is 0. The van der Waals surface area contributed by atoms with Crippen molar-refractivity contribution in [1.29, 1.82) is 0 Å². The molecule has 0 aliphatic heterocycles. The van der Waals surface area contributed by atoms with E-state index in [1.54, 1.807) is 12.1 Å². The van der Waals surface area contributed by atoms with E-state index in [9.17, 15) is 4.39 Å². The van der Waals surface area contributed by atoms with Crippen molar-refractivity contribution in [2.24, 2.45) is 5.92 Å². The first-order valence-electron chi connectivity index (χ1n) is 4.16. The predicted molar refractivity (Wildman–Crippen MR) is 51.8 cm³/mol. The van der Waals surface area contributed by atoms with Crippen LogP contribution in [0.25, 0.3) is 0 Å². The first-order valence-corrected chi connectivity index (χ1v) is 4.70.